The minimum atomic E-state index is -4.71. The normalized spacial score (nSPS) is 17.8. The summed E-state index contributed by atoms with van der Waals surface area (Å²) in [6.45, 7) is -2.68. The summed E-state index contributed by atoms with van der Waals surface area (Å²) in [7, 11) is -4.71. The van der Waals surface area contributed by atoms with Gasteiger partial charge in [0, 0.05) is 0 Å². The molecule has 0 aromatic carbocycles. The van der Waals surface area contributed by atoms with Crippen molar-refractivity contribution in [1.29, 1.82) is 0 Å². The number of aliphatic hydroxyl groups excluding tert-OH is 2. The number of quaternary nitrogens is 1. The lowest BCUT2D eigenvalue weighted by Gasteiger charge is -2.41. The minimum Gasteiger partial charge on any atom is -0.632 e. The molecule has 0 saturated carbocycles. The van der Waals surface area contributed by atoms with Gasteiger partial charge in [-0.3, -0.25) is 4.57 Å². The first-order chi connectivity index (χ1) is 7.08. The molecule has 0 heterocycles. The third-order valence-corrected chi connectivity index (χ3v) is 2.50. The van der Waals surface area contributed by atoms with Crippen LogP contribution in [0, 0.1) is 5.21 Å². The Hall–Kier alpha value is -0.540. The average molecular weight is 259 g/mol. The second kappa shape index (κ2) is 5.69. The molecule has 9 nitrogen and oxygen atoms in total. The second-order valence-electron chi connectivity index (χ2n) is 3.44. The van der Waals surface area contributed by atoms with Gasteiger partial charge in [0.1, 0.15) is 12.6 Å². The maximum Gasteiger partial charge on any atom is 0.379 e. The number of carbonyl (C=O) groups is 1. The van der Waals surface area contributed by atoms with E-state index in [1.165, 1.54) is 0 Å². The van der Waals surface area contributed by atoms with Crippen molar-refractivity contribution in [1.82, 2.24) is 0 Å². The minimum absolute atomic E-state index is 0.789. The highest BCUT2D eigenvalue weighted by Gasteiger charge is 2.32. The van der Waals surface area contributed by atoms with Crippen LogP contribution < -0.4 is 0 Å². The Labute approximate surface area is 90.9 Å². The zero-order valence-electron chi connectivity index (χ0n) is 8.26. The SMILES string of the molecule is O=C(O)C[N+]([O-])(CC(O)CO)CP(=O)(O)O. The number of aliphatic hydroxyl groups is 2. The van der Waals surface area contributed by atoms with Crippen molar-refractivity contribution in [2.45, 2.75) is 6.10 Å². The van der Waals surface area contributed by atoms with Crippen molar-refractivity contribution in [2.24, 2.45) is 0 Å². The van der Waals surface area contributed by atoms with Gasteiger partial charge in [0.05, 0.1) is 6.61 Å². The van der Waals surface area contributed by atoms with Crippen molar-refractivity contribution < 1.29 is 39.1 Å². The van der Waals surface area contributed by atoms with E-state index < -0.39 is 50.3 Å². The number of carboxylic acids is 1. The van der Waals surface area contributed by atoms with E-state index in [4.69, 9.17) is 25.1 Å². The van der Waals surface area contributed by atoms with Gasteiger partial charge in [-0.15, -0.1) is 0 Å². The van der Waals surface area contributed by atoms with Crippen molar-refractivity contribution in [3.8, 4) is 0 Å². The monoisotopic (exact) mass is 259 g/mol. The highest BCUT2D eigenvalue weighted by Crippen LogP contribution is 2.37. The van der Waals surface area contributed by atoms with E-state index in [0.29, 0.717) is 0 Å². The van der Waals surface area contributed by atoms with Crippen LogP contribution in [-0.4, -0.2) is 67.8 Å². The molecular formula is C6H14NO8P. The van der Waals surface area contributed by atoms with Gasteiger partial charge >= 0.3 is 13.6 Å². The summed E-state index contributed by atoms with van der Waals surface area (Å²) in [5.41, 5.74) is 0. The van der Waals surface area contributed by atoms with Gasteiger partial charge in [-0.1, -0.05) is 0 Å². The molecule has 16 heavy (non-hydrogen) atoms. The summed E-state index contributed by atoms with van der Waals surface area (Å²) in [5.74, 6) is -1.55. The number of aliphatic carboxylic acids is 1. The second-order valence-corrected chi connectivity index (χ2v) is 5.05. The van der Waals surface area contributed by atoms with E-state index in [1.807, 2.05) is 0 Å². The predicted molar refractivity (Wildman–Crippen MR) is 51.0 cm³/mol. The molecule has 0 aliphatic rings. The first-order valence-corrected chi connectivity index (χ1v) is 6.00. The summed E-state index contributed by atoms with van der Waals surface area (Å²) >= 11 is 0. The summed E-state index contributed by atoms with van der Waals surface area (Å²) < 4.78 is 8.85. The van der Waals surface area contributed by atoms with Crippen LogP contribution >= 0.6 is 7.60 Å². The van der Waals surface area contributed by atoms with Crippen LogP contribution in [0.1, 0.15) is 0 Å². The first kappa shape index (κ1) is 15.5. The summed E-state index contributed by atoms with van der Waals surface area (Å²) in [6, 6.07) is 0. The molecule has 0 amide bonds. The molecule has 0 aromatic heterocycles. The van der Waals surface area contributed by atoms with Crippen LogP contribution in [0.5, 0.6) is 0 Å². The number of hydrogen-bond donors (Lipinski definition) is 5. The molecule has 0 rings (SSSR count). The smallest absolute Gasteiger partial charge is 0.379 e. The van der Waals surface area contributed by atoms with Crippen LogP contribution in [0.4, 0.5) is 0 Å². The van der Waals surface area contributed by atoms with Gasteiger partial charge in [0.2, 0.25) is 0 Å². The third kappa shape index (κ3) is 6.85. The Morgan fingerprint density at radius 1 is 1.44 bits per heavy atom. The summed E-state index contributed by atoms with van der Waals surface area (Å²) in [5, 5.41) is 37.6. The standard InChI is InChI=1S/C6H14NO8P/c8-3-5(9)1-7(12,2-6(10)11)4-16(13,14)15/h5,8-9H,1-4H2,(H,10,11)(H2,13,14,15). The lowest BCUT2D eigenvalue weighted by atomic mass is 10.3. The number of carboxylic acid groups (broad SMARTS) is 1. The Morgan fingerprint density at radius 2 is 1.94 bits per heavy atom. The Balaban J connectivity index is 4.74. The molecule has 0 fully saturated rings. The van der Waals surface area contributed by atoms with Gasteiger partial charge in [-0.25, -0.2) is 4.79 Å². The molecule has 96 valence electrons. The average Bonchev–Trinajstić information content (AvgIpc) is 1.97. The van der Waals surface area contributed by atoms with Crippen molar-refractivity contribution in [2.75, 3.05) is 26.0 Å². The lowest BCUT2D eigenvalue weighted by molar-refractivity contribution is -0.866. The van der Waals surface area contributed by atoms with E-state index in [9.17, 15) is 14.6 Å². The van der Waals surface area contributed by atoms with Crippen molar-refractivity contribution >= 4 is 13.6 Å². The molecular weight excluding hydrogens is 245 g/mol. The molecule has 0 aromatic rings. The van der Waals surface area contributed by atoms with Gasteiger partial charge in [-0.2, -0.15) is 0 Å². The Morgan fingerprint density at radius 3 is 2.25 bits per heavy atom. The number of nitrogens with zero attached hydrogens (tertiary/aromatic N) is 1. The fraction of sp³-hybridized carbons (Fsp3) is 0.833. The van der Waals surface area contributed by atoms with Crippen LogP contribution in [0.3, 0.4) is 0 Å². The molecule has 10 heteroatoms. The molecule has 2 atom stereocenters. The molecule has 5 N–H and O–H groups in total. The largest absolute Gasteiger partial charge is 0.632 e. The number of hydrogen-bond acceptors (Lipinski definition) is 5. The highest BCUT2D eigenvalue weighted by molar-refractivity contribution is 7.51. The number of hydroxylamine groups is 3. The van der Waals surface area contributed by atoms with Gasteiger partial charge in [0.15, 0.2) is 12.8 Å². The first-order valence-electron chi connectivity index (χ1n) is 4.20. The molecule has 0 aliphatic heterocycles. The summed E-state index contributed by atoms with van der Waals surface area (Å²) in [6.07, 6.45) is -2.78. The van der Waals surface area contributed by atoms with E-state index in [0.717, 1.165) is 0 Å². The maximum absolute atomic E-state index is 11.7. The summed E-state index contributed by atoms with van der Waals surface area (Å²) in [4.78, 5) is 27.6. The molecule has 0 aliphatic carbocycles. The molecule has 2 unspecified atom stereocenters. The van der Waals surface area contributed by atoms with E-state index in [-0.39, 0.29) is 0 Å². The van der Waals surface area contributed by atoms with E-state index in [1.54, 1.807) is 0 Å². The van der Waals surface area contributed by atoms with Crippen molar-refractivity contribution in [3.05, 3.63) is 5.21 Å². The highest BCUT2D eigenvalue weighted by atomic mass is 31.2. The number of rotatable bonds is 7. The van der Waals surface area contributed by atoms with Crippen LogP contribution in [-0.2, 0) is 9.36 Å². The Kier molecular flexibility index (Phi) is 5.50. The zero-order valence-corrected chi connectivity index (χ0v) is 9.16. The van der Waals surface area contributed by atoms with Crippen LogP contribution in [0.25, 0.3) is 0 Å². The van der Waals surface area contributed by atoms with Gasteiger partial charge in [0.25, 0.3) is 0 Å². The third-order valence-electron chi connectivity index (χ3n) is 1.62. The van der Waals surface area contributed by atoms with Crippen molar-refractivity contribution in [3.63, 3.8) is 0 Å². The Bertz CT molecular complexity index is 290. The fourth-order valence-electron chi connectivity index (χ4n) is 1.20. The van der Waals surface area contributed by atoms with Gasteiger partial charge < -0.3 is 35.0 Å². The van der Waals surface area contributed by atoms with Crippen LogP contribution in [0.15, 0.2) is 0 Å². The molecule has 0 spiro atoms. The molecule has 0 radical (unpaired) electrons. The lowest BCUT2D eigenvalue weighted by Crippen LogP contribution is -2.51. The zero-order chi connectivity index (χ0) is 13.0. The topological polar surface area (TPSA) is 158 Å². The predicted octanol–water partition coefficient (Wildman–Crippen LogP) is -2.13. The quantitative estimate of drug-likeness (QED) is 0.197. The van der Waals surface area contributed by atoms with E-state index in [2.05, 4.69) is 0 Å². The molecule has 0 saturated heterocycles. The van der Waals surface area contributed by atoms with E-state index >= 15 is 0 Å². The van der Waals surface area contributed by atoms with Gasteiger partial charge in [-0.05, 0) is 0 Å². The maximum atomic E-state index is 11.7. The fourth-order valence-corrected chi connectivity index (χ4v) is 2.08. The molecule has 0 bridgehead atoms. The van der Waals surface area contributed by atoms with Crippen LogP contribution in [0.2, 0.25) is 0 Å².